The summed E-state index contributed by atoms with van der Waals surface area (Å²) in [7, 11) is 1.77. The van der Waals surface area contributed by atoms with Gasteiger partial charge >= 0.3 is 6.09 Å². The fourth-order valence-corrected chi connectivity index (χ4v) is 3.26. The zero-order valence-corrected chi connectivity index (χ0v) is 18.3. The van der Waals surface area contributed by atoms with Crippen LogP contribution < -0.4 is 16.0 Å². The third kappa shape index (κ3) is 9.84. The highest BCUT2D eigenvalue weighted by Gasteiger charge is 2.35. The Bertz CT molecular complexity index is 481. The number of amides is 1. The summed E-state index contributed by atoms with van der Waals surface area (Å²) in [5, 5.41) is 9.47. The van der Waals surface area contributed by atoms with Gasteiger partial charge in [0.25, 0.3) is 0 Å². The van der Waals surface area contributed by atoms with Crippen molar-refractivity contribution in [2.24, 2.45) is 16.3 Å². The molecule has 0 bridgehead atoms. The van der Waals surface area contributed by atoms with Gasteiger partial charge < -0.3 is 25.4 Å². The van der Waals surface area contributed by atoms with Gasteiger partial charge in [-0.05, 0) is 45.4 Å². The van der Waals surface area contributed by atoms with E-state index in [0.717, 1.165) is 38.5 Å². The van der Waals surface area contributed by atoms with E-state index >= 15 is 0 Å². The minimum absolute atomic E-state index is 0.136. The number of alkyl carbamates (subject to hydrolysis) is 1. The molecule has 0 spiro atoms. The van der Waals surface area contributed by atoms with Gasteiger partial charge in [0.05, 0.1) is 6.10 Å². The first-order valence-corrected chi connectivity index (χ1v) is 10.1. The van der Waals surface area contributed by atoms with Crippen LogP contribution in [0.25, 0.3) is 0 Å². The van der Waals surface area contributed by atoms with Gasteiger partial charge in [0, 0.05) is 39.2 Å². The second-order valence-electron chi connectivity index (χ2n) is 9.22. The van der Waals surface area contributed by atoms with E-state index in [0.29, 0.717) is 12.5 Å². The number of aliphatic imine (C=N–C) groups is 1. The van der Waals surface area contributed by atoms with E-state index in [1.165, 1.54) is 6.42 Å². The topological polar surface area (TPSA) is 84.0 Å². The molecule has 1 fully saturated rings. The lowest BCUT2D eigenvalue weighted by molar-refractivity contribution is -0.0835. The summed E-state index contributed by atoms with van der Waals surface area (Å²) < 4.78 is 11.2. The third-order valence-corrected chi connectivity index (χ3v) is 4.37. The Balaban J connectivity index is 2.27. The number of ether oxygens (including phenoxy) is 2. The minimum atomic E-state index is -0.470. The van der Waals surface area contributed by atoms with E-state index in [2.05, 4.69) is 41.7 Å². The molecule has 0 saturated carbocycles. The third-order valence-electron chi connectivity index (χ3n) is 4.37. The fraction of sp³-hybridized carbons (Fsp3) is 0.900. The number of hydrogen-bond acceptors (Lipinski definition) is 4. The van der Waals surface area contributed by atoms with E-state index < -0.39 is 5.60 Å². The number of rotatable bonds is 6. The Morgan fingerprint density at radius 2 is 1.78 bits per heavy atom. The summed E-state index contributed by atoms with van der Waals surface area (Å²) >= 11 is 0. The molecular weight excluding hydrogens is 344 g/mol. The summed E-state index contributed by atoms with van der Waals surface area (Å²) in [4.78, 5) is 15.9. The molecule has 0 radical (unpaired) electrons. The largest absolute Gasteiger partial charge is 0.444 e. The molecule has 1 saturated heterocycles. The van der Waals surface area contributed by atoms with Crippen molar-refractivity contribution < 1.29 is 14.3 Å². The van der Waals surface area contributed by atoms with Crippen molar-refractivity contribution >= 4 is 12.1 Å². The minimum Gasteiger partial charge on any atom is -0.444 e. The highest BCUT2D eigenvalue weighted by atomic mass is 16.6. The van der Waals surface area contributed by atoms with Crippen LogP contribution in [0.15, 0.2) is 4.99 Å². The van der Waals surface area contributed by atoms with Gasteiger partial charge in [-0.15, -0.1) is 0 Å². The molecule has 3 N–H and O–H groups in total. The molecule has 1 heterocycles. The highest BCUT2D eigenvalue weighted by Crippen LogP contribution is 2.33. The van der Waals surface area contributed by atoms with Crippen LogP contribution in [0.2, 0.25) is 0 Å². The van der Waals surface area contributed by atoms with Crippen molar-refractivity contribution in [3.63, 3.8) is 0 Å². The maximum atomic E-state index is 11.6. The number of hydrogen-bond donors (Lipinski definition) is 3. The molecule has 7 heteroatoms. The van der Waals surface area contributed by atoms with E-state index in [4.69, 9.17) is 9.47 Å². The molecule has 1 amide bonds. The molecule has 1 rings (SSSR count). The monoisotopic (exact) mass is 384 g/mol. The summed E-state index contributed by atoms with van der Waals surface area (Å²) in [6, 6.07) is 0. The van der Waals surface area contributed by atoms with Gasteiger partial charge in [-0.3, -0.25) is 4.99 Å². The van der Waals surface area contributed by atoms with E-state index in [-0.39, 0.29) is 17.6 Å². The maximum absolute atomic E-state index is 11.6. The molecule has 0 aromatic rings. The Morgan fingerprint density at radius 3 is 2.37 bits per heavy atom. The van der Waals surface area contributed by atoms with Gasteiger partial charge in [-0.25, -0.2) is 4.79 Å². The lowest BCUT2D eigenvalue weighted by Crippen LogP contribution is -2.47. The van der Waals surface area contributed by atoms with Crippen LogP contribution in [0, 0.1) is 11.3 Å². The molecule has 2 atom stereocenters. The van der Waals surface area contributed by atoms with Crippen LogP contribution in [-0.2, 0) is 9.47 Å². The average molecular weight is 385 g/mol. The number of guanidine groups is 1. The van der Waals surface area contributed by atoms with Gasteiger partial charge in [-0.1, -0.05) is 20.8 Å². The van der Waals surface area contributed by atoms with Gasteiger partial charge in [0.2, 0.25) is 0 Å². The fourth-order valence-electron chi connectivity index (χ4n) is 3.26. The standard InChI is InChI=1S/C20H40N4O3/c1-19(2,3)16-15(10-8-13-26-16)14-24-17(21-7)22-11-9-12-23-18(25)27-20(4,5)6/h15-16H,8-14H2,1-7H3,(H,23,25)(H2,21,22,24). The summed E-state index contributed by atoms with van der Waals surface area (Å²) in [6.07, 6.45) is 2.95. The molecular formula is C20H40N4O3. The quantitative estimate of drug-likeness (QED) is 0.372. The van der Waals surface area contributed by atoms with E-state index in [9.17, 15) is 4.79 Å². The van der Waals surface area contributed by atoms with Crippen LogP contribution in [0.4, 0.5) is 4.79 Å². The Hall–Kier alpha value is -1.50. The van der Waals surface area contributed by atoms with Crippen molar-refractivity contribution in [3.8, 4) is 0 Å². The number of carbonyl (C=O) groups is 1. The smallest absolute Gasteiger partial charge is 0.407 e. The maximum Gasteiger partial charge on any atom is 0.407 e. The molecule has 7 nitrogen and oxygen atoms in total. The number of nitrogens with zero attached hydrogens (tertiary/aromatic N) is 1. The van der Waals surface area contributed by atoms with Crippen molar-refractivity contribution in [1.82, 2.24) is 16.0 Å². The predicted molar refractivity (Wildman–Crippen MR) is 110 cm³/mol. The molecule has 0 aromatic heterocycles. The zero-order chi connectivity index (χ0) is 20.5. The Labute approximate surface area is 165 Å². The van der Waals surface area contributed by atoms with Crippen LogP contribution in [-0.4, -0.2) is 57.0 Å². The summed E-state index contributed by atoms with van der Waals surface area (Å²) in [6.45, 7) is 15.2. The van der Waals surface area contributed by atoms with Gasteiger partial charge in [-0.2, -0.15) is 0 Å². The molecule has 158 valence electrons. The average Bonchev–Trinajstić information content (AvgIpc) is 2.55. The highest BCUT2D eigenvalue weighted by molar-refractivity contribution is 5.79. The lowest BCUT2D eigenvalue weighted by atomic mass is 9.78. The van der Waals surface area contributed by atoms with E-state index in [1.54, 1.807) is 7.05 Å². The normalized spacial score (nSPS) is 21.5. The number of carbonyl (C=O) groups excluding carboxylic acids is 1. The first-order valence-electron chi connectivity index (χ1n) is 10.1. The molecule has 27 heavy (non-hydrogen) atoms. The number of nitrogens with one attached hydrogen (secondary N) is 3. The van der Waals surface area contributed by atoms with Crippen molar-refractivity contribution in [2.45, 2.75) is 72.5 Å². The summed E-state index contributed by atoms with van der Waals surface area (Å²) in [5.41, 5.74) is -0.334. The van der Waals surface area contributed by atoms with Crippen LogP contribution in [0.3, 0.4) is 0 Å². The van der Waals surface area contributed by atoms with Gasteiger partial charge in [0.15, 0.2) is 5.96 Å². The van der Waals surface area contributed by atoms with Crippen LogP contribution >= 0.6 is 0 Å². The van der Waals surface area contributed by atoms with Crippen molar-refractivity contribution in [1.29, 1.82) is 0 Å². The summed E-state index contributed by atoms with van der Waals surface area (Å²) in [5.74, 6) is 1.26. The predicted octanol–water partition coefficient (Wildman–Crippen LogP) is 2.91. The van der Waals surface area contributed by atoms with Crippen LogP contribution in [0.1, 0.15) is 60.8 Å². The Morgan fingerprint density at radius 1 is 1.11 bits per heavy atom. The first kappa shape index (κ1) is 23.5. The molecule has 0 aliphatic carbocycles. The Kier molecular flexibility index (Phi) is 9.36. The first-order chi connectivity index (χ1) is 12.5. The van der Waals surface area contributed by atoms with E-state index in [1.807, 2.05) is 20.8 Å². The molecule has 1 aliphatic heterocycles. The SMILES string of the molecule is CN=C(NCCCNC(=O)OC(C)(C)C)NCC1CCCOC1C(C)(C)C. The second-order valence-corrected chi connectivity index (χ2v) is 9.22. The van der Waals surface area contributed by atoms with Crippen LogP contribution in [0.5, 0.6) is 0 Å². The molecule has 2 unspecified atom stereocenters. The zero-order valence-electron chi connectivity index (χ0n) is 18.3. The molecule has 0 aromatic carbocycles. The van der Waals surface area contributed by atoms with Crippen molar-refractivity contribution in [2.75, 3.05) is 33.3 Å². The van der Waals surface area contributed by atoms with Crippen molar-refractivity contribution in [3.05, 3.63) is 0 Å². The van der Waals surface area contributed by atoms with Gasteiger partial charge in [0.1, 0.15) is 5.60 Å². The lowest BCUT2D eigenvalue weighted by Gasteiger charge is -2.40. The second kappa shape index (κ2) is 10.7. The molecule has 1 aliphatic rings.